The van der Waals surface area contributed by atoms with E-state index >= 15 is 0 Å². The summed E-state index contributed by atoms with van der Waals surface area (Å²) in [4.78, 5) is 14.3. The van der Waals surface area contributed by atoms with Gasteiger partial charge < -0.3 is 15.0 Å². The predicted molar refractivity (Wildman–Crippen MR) is 87.1 cm³/mol. The summed E-state index contributed by atoms with van der Waals surface area (Å²) in [5, 5.41) is 7.24. The lowest BCUT2D eigenvalue weighted by molar-refractivity contribution is -0.00491. The highest BCUT2D eigenvalue weighted by Crippen LogP contribution is 2.25. The molecule has 1 aromatic heterocycles. The van der Waals surface area contributed by atoms with Gasteiger partial charge in [-0.25, -0.2) is 4.79 Å². The van der Waals surface area contributed by atoms with Crippen LogP contribution in [0.3, 0.4) is 0 Å². The van der Waals surface area contributed by atoms with Gasteiger partial charge in [0.1, 0.15) is 0 Å². The maximum Gasteiger partial charge on any atom is 0.321 e. The van der Waals surface area contributed by atoms with E-state index in [-0.39, 0.29) is 17.2 Å². The molecule has 0 aliphatic carbocycles. The van der Waals surface area contributed by atoms with Crippen molar-refractivity contribution in [3.63, 3.8) is 0 Å². The maximum absolute atomic E-state index is 12.4. The lowest BCUT2D eigenvalue weighted by Crippen LogP contribution is -2.37. The molecule has 0 unspecified atom stereocenters. The molecular weight excluding hydrogens is 280 g/mol. The average molecular weight is 308 g/mol. The molecule has 1 aliphatic heterocycles. The molecule has 0 bridgehead atoms. The molecule has 2 heterocycles. The number of anilines is 1. The predicted octanol–water partition coefficient (Wildman–Crippen LogP) is 3.06. The van der Waals surface area contributed by atoms with Crippen LogP contribution in [0.4, 0.5) is 10.5 Å². The number of carbonyl (C=O) groups is 1. The Labute approximate surface area is 132 Å². The van der Waals surface area contributed by atoms with Crippen molar-refractivity contribution in [2.24, 2.45) is 0 Å². The number of amides is 2. The normalized spacial score (nSPS) is 23.2. The van der Waals surface area contributed by atoms with Gasteiger partial charge >= 0.3 is 6.03 Å². The lowest BCUT2D eigenvalue weighted by atomic mass is 9.97. The number of hydrogen-bond acceptors (Lipinski definition) is 3. The Morgan fingerprint density at radius 2 is 2.09 bits per heavy atom. The first-order chi connectivity index (χ1) is 10.2. The van der Waals surface area contributed by atoms with Gasteiger partial charge in [0.05, 0.1) is 23.0 Å². The largest absolute Gasteiger partial charge is 0.378 e. The summed E-state index contributed by atoms with van der Waals surface area (Å²) in [7, 11) is 1.75. The maximum atomic E-state index is 12.4. The van der Waals surface area contributed by atoms with Gasteiger partial charge in [-0.05, 0) is 47.0 Å². The smallest absolute Gasteiger partial charge is 0.321 e. The highest BCUT2D eigenvalue weighted by Gasteiger charge is 2.29. The molecule has 22 heavy (non-hydrogen) atoms. The monoisotopic (exact) mass is 308 g/mol. The quantitative estimate of drug-likeness (QED) is 0.913. The van der Waals surface area contributed by atoms with E-state index in [1.165, 1.54) is 0 Å². The molecule has 0 saturated carbocycles. The molecule has 1 saturated heterocycles. The molecule has 0 radical (unpaired) electrons. The summed E-state index contributed by atoms with van der Waals surface area (Å²) >= 11 is 0. The van der Waals surface area contributed by atoms with Crippen LogP contribution in [0.2, 0.25) is 0 Å². The fraction of sp³-hybridized carbons (Fsp3) is 0.750. The zero-order valence-corrected chi connectivity index (χ0v) is 14.3. The fourth-order valence-corrected chi connectivity index (χ4v) is 2.62. The van der Waals surface area contributed by atoms with Crippen molar-refractivity contribution in [2.75, 3.05) is 25.5 Å². The Morgan fingerprint density at radius 1 is 1.36 bits per heavy atom. The summed E-state index contributed by atoms with van der Waals surface area (Å²) in [6, 6.07) is -0.0613. The van der Waals surface area contributed by atoms with Crippen molar-refractivity contribution in [2.45, 2.75) is 58.1 Å². The molecular formula is C16H28N4O2. The highest BCUT2D eigenvalue weighted by atomic mass is 16.5. The molecule has 1 N–H and O–H groups in total. The zero-order valence-electron chi connectivity index (χ0n) is 14.3. The molecule has 124 valence electrons. The van der Waals surface area contributed by atoms with Crippen LogP contribution in [0, 0.1) is 0 Å². The van der Waals surface area contributed by atoms with Crippen LogP contribution in [0.5, 0.6) is 0 Å². The summed E-state index contributed by atoms with van der Waals surface area (Å²) in [6.07, 6.45) is 6.36. The number of nitrogens with zero attached hydrogens (tertiary/aromatic N) is 3. The highest BCUT2D eigenvalue weighted by molar-refractivity contribution is 5.89. The van der Waals surface area contributed by atoms with E-state index in [2.05, 4.69) is 38.1 Å². The van der Waals surface area contributed by atoms with E-state index in [4.69, 9.17) is 4.74 Å². The minimum atomic E-state index is -0.119. The van der Waals surface area contributed by atoms with E-state index < -0.39 is 0 Å². The molecule has 6 heteroatoms. The Bertz CT molecular complexity index is 520. The number of nitrogens with one attached hydrogen (secondary N) is 1. The van der Waals surface area contributed by atoms with E-state index in [1.807, 2.05) is 15.8 Å². The van der Waals surface area contributed by atoms with Crippen LogP contribution < -0.4 is 5.32 Å². The number of hydrogen-bond donors (Lipinski definition) is 1. The minimum absolute atomic E-state index is 0.0613. The molecule has 0 aromatic carbocycles. The summed E-state index contributed by atoms with van der Waals surface area (Å²) in [5.74, 6) is 0. The molecule has 6 nitrogen and oxygen atoms in total. The third kappa shape index (κ3) is 4.00. The van der Waals surface area contributed by atoms with Crippen LogP contribution in [0.1, 0.15) is 47.0 Å². The lowest BCUT2D eigenvalue weighted by Gasteiger charge is -2.26. The van der Waals surface area contributed by atoms with Crippen molar-refractivity contribution in [3.05, 3.63) is 12.4 Å². The van der Waals surface area contributed by atoms with Crippen molar-refractivity contribution < 1.29 is 9.53 Å². The molecule has 2 amide bonds. The van der Waals surface area contributed by atoms with Gasteiger partial charge in [0.25, 0.3) is 0 Å². The summed E-state index contributed by atoms with van der Waals surface area (Å²) < 4.78 is 7.43. The number of aromatic nitrogens is 2. The SMILES string of the molecule is CO[C@@]1(C)CCCN(C(=O)Nc2cnn(C(C)(C)C)c2)CC1. The van der Waals surface area contributed by atoms with E-state index in [0.717, 1.165) is 31.5 Å². The summed E-state index contributed by atoms with van der Waals surface area (Å²) in [6.45, 7) is 9.81. The molecule has 0 spiro atoms. The van der Waals surface area contributed by atoms with Gasteiger partial charge in [-0.2, -0.15) is 5.10 Å². The standard InChI is InChI=1S/C16H28N4O2/c1-15(2,3)20-12-13(11-17-20)18-14(21)19-9-6-7-16(4,22-5)8-10-19/h11-12H,6-10H2,1-5H3,(H,18,21)/t16-/m0/s1. The zero-order chi connectivity index (χ0) is 16.4. The van der Waals surface area contributed by atoms with Crippen molar-refractivity contribution in [1.29, 1.82) is 0 Å². The second kappa shape index (κ2) is 6.28. The first-order valence-corrected chi connectivity index (χ1v) is 7.90. The number of likely N-dealkylation sites (tertiary alicyclic amines) is 1. The van der Waals surface area contributed by atoms with Crippen LogP contribution in [0.25, 0.3) is 0 Å². The number of methoxy groups -OCH3 is 1. The van der Waals surface area contributed by atoms with Crippen LogP contribution in [-0.4, -0.2) is 46.5 Å². The Kier molecular flexibility index (Phi) is 4.80. The van der Waals surface area contributed by atoms with Crippen LogP contribution in [0.15, 0.2) is 12.4 Å². The Morgan fingerprint density at radius 3 is 2.68 bits per heavy atom. The van der Waals surface area contributed by atoms with E-state index in [1.54, 1.807) is 13.3 Å². The number of ether oxygens (including phenoxy) is 1. The van der Waals surface area contributed by atoms with E-state index in [0.29, 0.717) is 6.54 Å². The first kappa shape index (κ1) is 16.8. The summed E-state index contributed by atoms with van der Waals surface area (Å²) in [5.41, 5.74) is 0.525. The van der Waals surface area contributed by atoms with Gasteiger partial charge in [0, 0.05) is 26.4 Å². The first-order valence-electron chi connectivity index (χ1n) is 7.90. The van der Waals surface area contributed by atoms with Gasteiger partial charge in [-0.3, -0.25) is 4.68 Å². The minimum Gasteiger partial charge on any atom is -0.378 e. The average Bonchev–Trinajstić information content (AvgIpc) is 2.82. The van der Waals surface area contributed by atoms with Gasteiger partial charge in [0.2, 0.25) is 0 Å². The Balaban J connectivity index is 1.96. The van der Waals surface area contributed by atoms with Crippen LogP contribution in [-0.2, 0) is 10.3 Å². The molecule has 1 aliphatic rings. The van der Waals surface area contributed by atoms with Crippen LogP contribution >= 0.6 is 0 Å². The van der Waals surface area contributed by atoms with Gasteiger partial charge in [-0.15, -0.1) is 0 Å². The number of urea groups is 1. The number of carbonyl (C=O) groups excluding carboxylic acids is 1. The fourth-order valence-electron chi connectivity index (χ4n) is 2.62. The second-order valence-electron chi connectivity index (χ2n) is 7.27. The Hall–Kier alpha value is -1.56. The number of rotatable bonds is 2. The van der Waals surface area contributed by atoms with Gasteiger partial charge in [-0.1, -0.05) is 0 Å². The molecule has 1 fully saturated rings. The second-order valence-corrected chi connectivity index (χ2v) is 7.27. The van der Waals surface area contributed by atoms with Crippen molar-refractivity contribution >= 4 is 11.7 Å². The molecule has 2 rings (SSSR count). The third-order valence-corrected chi connectivity index (χ3v) is 4.35. The van der Waals surface area contributed by atoms with Gasteiger partial charge in [0.15, 0.2) is 0 Å². The topological polar surface area (TPSA) is 59.4 Å². The molecule has 1 aromatic rings. The van der Waals surface area contributed by atoms with Crippen molar-refractivity contribution in [1.82, 2.24) is 14.7 Å². The van der Waals surface area contributed by atoms with Crippen molar-refractivity contribution in [3.8, 4) is 0 Å². The molecule has 1 atom stereocenters. The van der Waals surface area contributed by atoms with E-state index in [9.17, 15) is 4.79 Å². The third-order valence-electron chi connectivity index (χ3n) is 4.35.